The molecule has 1 aliphatic heterocycles. The van der Waals surface area contributed by atoms with Crippen molar-refractivity contribution in [3.63, 3.8) is 0 Å². The van der Waals surface area contributed by atoms with E-state index in [1.807, 2.05) is 12.1 Å². The Balaban J connectivity index is 1.62. The molecule has 0 aromatic carbocycles. The van der Waals surface area contributed by atoms with Gasteiger partial charge in [-0.2, -0.15) is 10.2 Å². The summed E-state index contributed by atoms with van der Waals surface area (Å²) in [4.78, 5) is 8.27. The monoisotopic (exact) mass is 285 g/mol. The number of ether oxygens (including phenoxy) is 1. The van der Waals surface area contributed by atoms with Gasteiger partial charge in [0.25, 0.3) is 5.89 Å². The first kappa shape index (κ1) is 13.5. The molecule has 7 nitrogen and oxygen atoms in total. The summed E-state index contributed by atoms with van der Waals surface area (Å²) in [7, 11) is 0. The second-order valence-corrected chi connectivity index (χ2v) is 4.94. The van der Waals surface area contributed by atoms with Crippen molar-refractivity contribution in [2.45, 2.75) is 19.4 Å². The van der Waals surface area contributed by atoms with E-state index < -0.39 is 0 Å². The minimum absolute atomic E-state index is 0.162. The highest BCUT2D eigenvalue weighted by Crippen LogP contribution is 2.33. The molecule has 0 saturated carbocycles. The van der Waals surface area contributed by atoms with E-state index in [-0.39, 0.29) is 12.0 Å². The number of aromatic nitrogens is 3. The van der Waals surface area contributed by atoms with Gasteiger partial charge in [0.15, 0.2) is 5.82 Å². The summed E-state index contributed by atoms with van der Waals surface area (Å²) >= 11 is 0. The first-order valence-electron chi connectivity index (χ1n) is 6.78. The van der Waals surface area contributed by atoms with Crippen molar-refractivity contribution >= 4 is 5.69 Å². The molecule has 0 amide bonds. The Morgan fingerprint density at radius 1 is 1.48 bits per heavy atom. The number of nitriles is 1. The first-order valence-corrected chi connectivity index (χ1v) is 6.78. The van der Waals surface area contributed by atoms with E-state index >= 15 is 0 Å². The van der Waals surface area contributed by atoms with Crippen LogP contribution in [0.1, 0.15) is 29.9 Å². The minimum Gasteiger partial charge on any atom is -0.383 e. The van der Waals surface area contributed by atoms with Crippen LogP contribution in [-0.4, -0.2) is 28.3 Å². The number of rotatable bonds is 4. The van der Waals surface area contributed by atoms with Crippen LogP contribution < -0.4 is 5.32 Å². The molecule has 108 valence electrons. The molecule has 1 aliphatic rings. The van der Waals surface area contributed by atoms with Gasteiger partial charge in [-0.05, 0) is 25.5 Å². The molecule has 0 unspecified atom stereocenters. The van der Waals surface area contributed by atoms with Crippen LogP contribution in [0.2, 0.25) is 0 Å². The van der Waals surface area contributed by atoms with Crippen LogP contribution in [0.3, 0.4) is 0 Å². The Morgan fingerprint density at radius 3 is 3.05 bits per heavy atom. The van der Waals surface area contributed by atoms with Crippen molar-refractivity contribution in [2.75, 3.05) is 18.5 Å². The molecular formula is C14H15N5O2. The zero-order chi connectivity index (χ0) is 14.7. The van der Waals surface area contributed by atoms with Gasteiger partial charge in [-0.3, -0.25) is 0 Å². The van der Waals surface area contributed by atoms with Gasteiger partial charge < -0.3 is 14.6 Å². The number of nitrogens with zero attached hydrogens (tertiary/aromatic N) is 4. The normalized spacial score (nSPS) is 21.1. The highest BCUT2D eigenvalue weighted by Gasteiger charge is 2.33. The molecule has 0 radical (unpaired) electrons. The van der Waals surface area contributed by atoms with Crippen molar-refractivity contribution in [3.8, 4) is 6.07 Å². The lowest BCUT2D eigenvalue weighted by Gasteiger charge is -2.16. The number of hydrogen-bond donors (Lipinski definition) is 1. The predicted octanol–water partition coefficient (Wildman–Crippen LogP) is 1.83. The molecule has 0 spiro atoms. The fourth-order valence-corrected chi connectivity index (χ4v) is 2.36. The largest absolute Gasteiger partial charge is 0.383 e. The van der Waals surface area contributed by atoms with Crippen LogP contribution in [0.25, 0.3) is 0 Å². The highest BCUT2D eigenvalue weighted by atomic mass is 16.5. The fraction of sp³-hybridized carbons (Fsp3) is 0.429. The zero-order valence-corrected chi connectivity index (χ0v) is 11.6. The van der Waals surface area contributed by atoms with Crippen LogP contribution in [0.15, 0.2) is 22.9 Å². The Bertz CT molecular complexity index is 646. The van der Waals surface area contributed by atoms with Crippen molar-refractivity contribution in [2.24, 2.45) is 5.92 Å². The third-order valence-electron chi connectivity index (χ3n) is 3.45. The summed E-state index contributed by atoms with van der Waals surface area (Å²) in [5.74, 6) is 1.42. The Kier molecular flexibility index (Phi) is 3.79. The lowest BCUT2D eigenvalue weighted by molar-refractivity contribution is 0.0650. The molecule has 1 fully saturated rings. The summed E-state index contributed by atoms with van der Waals surface area (Å²) in [6.45, 7) is 3.20. The summed E-state index contributed by atoms with van der Waals surface area (Å²) in [5, 5.41) is 15.8. The van der Waals surface area contributed by atoms with Crippen molar-refractivity contribution in [1.82, 2.24) is 15.1 Å². The van der Waals surface area contributed by atoms with Crippen LogP contribution >= 0.6 is 0 Å². The van der Waals surface area contributed by atoms with E-state index in [0.29, 0.717) is 24.0 Å². The Labute approximate surface area is 121 Å². The zero-order valence-electron chi connectivity index (χ0n) is 11.6. The second-order valence-electron chi connectivity index (χ2n) is 4.94. The number of hydrogen-bond acceptors (Lipinski definition) is 7. The molecule has 21 heavy (non-hydrogen) atoms. The van der Waals surface area contributed by atoms with Crippen LogP contribution in [0.5, 0.6) is 0 Å². The van der Waals surface area contributed by atoms with Crippen molar-refractivity contribution in [1.29, 1.82) is 5.26 Å². The number of aryl methyl sites for hydroxylation is 1. The average molecular weight is 285 g/mol. The standard InChI is InChI=1S/C14H15N5O2/c1-9-18-14(21-19-9)13-10(4-5-20-13)7-16-12-3-2-11(6-15)17-8-12/h2-3,8,10,13,16H,4-5,7H2,1H3/t10-,13-/m0/s1. The maximum atomic E-state index is 8.72. The lowest BCUT2D eigenvalue weighted by atomic mass is 10.0. The van der Waals surface area contributed by atoms with E-state index in [1.165, 1.54) is 0 Å². The molecule has 3 rings (SSSR count). The summed E-state index contributed by atoms with van der Waals surface area (Å²) in [6, 6.07) is 5.52. The first-order chi connectivity index (χ1) is 10.3. The van der Waals surface area contributed by atoms with E-state index in [0.717, 1.165) is 18.7 Å². The van der Waals surface area contributed by atoms with E-state index in [1.54, 1.807) is 19.2 Å². The SMILES string of the molecule is Cc1noc([C@H]2OCC[C@H]2CNc2ccc(C#N)nc2)n1. The molecule has 3 heterocycles. The molecule has 1 saturated heterocycles. The molecule has 0 aliphatic carbocycles. The van der Waals surface area contributed by atoms with Gasteiger partial charge in [0.05, 0.1) is 11.9 Å². The van der Waals surface area contributed by atoms with Gasteiger partial charge in [0.2, 0.25) is 0 Å². The maximum Gasteiger partial charge on any atom is 0.256 e. The van der Waals surface area contributed by atoms with E-state index in [9.17, 15) is 0 Å². The average Bonchev–Trinajstić information content (AvgIpc) is 3.14. The van der Waals surface area contributed by atoms with Crippen LogP contribution in [-0.2, 0) is 4.74 Å². The van der Waals surface area contributed by atoms with Crippen molar-refractivity contribution in [3.05, 3.63) is 35.7 Å². The predicted molar refractivity (Wildman–Crippen MR) is 73.3 cm³/mol. The molecule has 2 aromatic heterocycles. The minimum atomic E-state index is -0.162. The van der Waals surface area contributed by atoms with Gasteiger partial charge in [-0.15, -0.1) is 0 Å². The molecule has 0 bridgehead atoms. The van der Waals surface area contributed by atoms with Crippen LogP contribution in [0, 0.1) is 24.2 Å². The maximum absolute atomic E-state index is 8.72. The quantitative estimate of drug-likeness (QED) is 0.915. The Morgan fingerprint density at radius 2 is 2.38 bits per heavy atom. The summed E-state index contributed by atoms with van der Waals surface area (Å²) in [5.41, 5.74) is 1.28. The molecular weight excluding hydrogens is 270 g/mol. The molecule has 2 aromatic rings. The van der Waals surface area contributed by atoms with Gasteiger partial charge in [0.1, 0.15) is 17.9 Å². The molecule has 7 heteroatoms. The highest BCUT2D eigenvalue weighted by molar-refractivity contribution is 5.42. The summed E-state index contributed by atoms with van der Waals surface area (Å²) < 4.78 is 10.9. The topological polar surface area (TPSA) is 96.9 Å². The van der Waals surface area contributed by atoms with Gasteiger partial charge in [-0.1, -0.05) is 5.16 Å². The third-order valence-corrected chi connectivity index (χ3v) is 3.45. The summed E-state index contributed by atoms with van der Waals surface area (Å²) in [6.07, 6.45) is 2.42. The second kappa shape index (κ2) is 5.89. The van der Waals surface area contributed by atoms with E-state index in [4.69, 9.17) is 14.5 Å². The van der Waals surface area contributed by atoms with Crippen molar-refractivity contribution < 1.29 is 9.26 Å². The van der Waals surface area contributed by atoms with Gasteiger partial charge in [-0.25, -0.2) is 4.98 Å². The third kappa shape index (κ3) is 3.01. The number of anilines is 1. The lowest BCUT2D eigenvalue weighted by Crippen LogP contribution is -2.18. The van der Waals surface area contributed by atoms with Gasteiger partial charge in [0, 0.05) is 19.1 Å². The smallest absolute Gasteiger partial charge is 0.256 e. The fourth-order valence-electron chi connectivity index (χ4n) is 2.36. The number of pyridine rings is 1. The van der Waals surface area contributed by atoms with Gasteiger partial charge >= 0.3 is 0 Å². The molecule has 1 N–H and O–H groups in total. The van der Waals surface area contributed by atoms with E-state index in [2.05, 4.69) is 20.4 Å². The Hall–Kier alpha value is -2.46. The number of nitrogens with one attached hydrogen (secondary N) is 1. The molecule has 2 atom stereocenters. The van der Waals surface area contributed by atoms with Crippen LogP contribution in [0.4, 0.5) is 5.69 Å².